The highest BCUT2D eigenvalue weighted by Gasteiger charge is 1.87. The van der Waals surface area contributed by atoms with Crippen molar-refractivity contribution in [1.29, 1.82) is 0 Å². The van der Waals surface area contributed by atoms with Gasteiger partial charge in [0.25, 0.3) is 0 Å². The second kappa shape index (κ2) is 3.06. The Morgan fingerprint density at radius 3 is 2.25 bits per heavy atom. The molecule has 0 atom stereocenters. The van der Waals surface area contributed by atoms with Crippen LogP contribution in [0.25, 0.3) is 0 Å². The number of halogens is 1. The molecule has 0 spiro atoms. The molecule has 1 rings (SSSR count). The molecule has 0 unspecified atom stereocenters. The monoisotopic (exact) mass is 226 g/mol. The lowest BCUT2D eigenvalue weighted by Crippen LogP contribution is -3.00. The van der Waals surface area contributed by atoms with E-state index in [1.807, 2.05) is 42.0 Å². The molecular weight excluding hydrogens is 215 g/mol. The maximum Gasteiger partial charge on any atom is 0.243 e. The van der Waals surface area contributed by atoms with Gasteiger partial charge in [0.2, 0.25) is 30.3 Å². The topological polar surface area (TPSA) is 8.81 Å². The van der Waals surface area contributed by atoms with Crippen molar-refractivity contribution in [2.75, 3.05) is 0 Å². The molecule has 46 valence electrons. The van der Waals surface area contributed by atoms with Gasteiger partial charge in [-0.15, -0.1) is 0 Å². The first-order chi connectivity index (χ1) is 3.29. The predicted molar refractivity (Wildman–Crippen MR) is 29.4 cm³/mol. The van der Waals surface area contributed by atoms with Crippen LogP contribution in [0.2, 0.25) is 0 Å². The first-order valence-corrected chi connectivity index (χ1v) is 2.26. The van der Waals surface area contributed by atoms with Gasteiger partial charge in [0.1, 0.15) is 12.4 Å². The van der Waals surface area contributed by atoms with E-state index in [-0.39, 0.29) is 24.0 Å². The second-order valence-corrected chi connectivity index (χ2v) is 1.74. The van der Waals surface area contributed by atoms with Gasteiger partial charge in [-0.2, -0.15) is 0 Å². The minimum Gasteiger partial charge on any atom is -0.240 e. The summed E-state index contributed by atoms with van der Waals surface area (Å²) in [7, 11) is 4.00. The number of rotatable bonds is 0. The van der Waals surface area contributed by atoms with Crippen LogP contribution in [0.3, 0.4) is 0 Å². The van der Waals surface area contributed by atoms with Crippen molar-refractivity contribution < 1.29 is 28.5 Å². The Labute approximate surface area is 66.2 Å². The number of imidazole rings is 1. The van der Waals surface area contributed by atoms with Crippen LogP contribution in [0.1, 0.15) is 0 Å². The normalized spacial score (nSPS) is 8.25. The lowest BCUT2D eigenvalue weighted by Gasteiger charge is -1.72. The number of hydrogen-bond acceptors (Lipinski definition) is 0. The predicted octanol–water partition coefficient (Wildman–Crippen LogP) is -3.68. The fraction of sp³-hybridized carbons (Fsp3) is 0.400. The van der Waals surface area contributed by atoms with Crippen LogP contribution in [0.15, 0.2) is 18.7 Å². The Hall–Kier alpha value is -0.0600. The van der Waals surface area contributed by atoms with E-state index in [1.54, 1.807) is 0 Å². The van der Waals surface area contributed by atoms with E-state index in [0.717, 1.165) is 0 Å². The summed E-state index contributed by atoms with van der Waals surface area (Å²) < 4.78 is 4.00. The Morgan fingerprint density at radius 2 is 2.12 bits per heavy atom. The molecule has 0 radical (unpaired) electrons. The van der Waals surface area contributed by atoms with Crippen molar-refractivity contribution in [2.24, 2.45) is 14.1 Å². The van der Waals surface area contributed by atoms with E-state index in [2.05, 4.69) is 0 Å². The zero-order chi connectivity index (χ0) is 5.28. The van der Waals surface area contributed by atoms with Crippen molar-refractivity contribution in [3.8, 4) is 0 Å². The average molecular weight is 226 g/mol. The minimum absolute atomic E-state index is 0. The van der Waals surface area contributed by atoms with E-state index in [1.165, 1.54) is 0 Å². The maximum absolute atomic E-state index is 2.00. The van der Waals surface area contributed by atoms with Crippen LogP contribution in [-0.4, -0.2) is 4.57 Å². The zero-order valence-corrected chi connectivity index (χ0v) is 7.63. The molecule has 0 N–H and O–H groups in total. The van der Waals surface area contributed by atoms with Gasteiger partial charge in [0, 0.05) is 0 Å². The first kappa shape index (κ1) is 7.94. The first-order valence-electron chi connectivity index (χ1n) is 2.26. The molecule has 0 saturated heterocycles. The lowest BCUT2D eigenvalue weighted by atomic mass is 10.9. The highest BCUT2D eigenvalue weighted by molar-refractivity contribution is 4.60. The molecule has 0 aromatic carbocycles. The van der Waals surface area contributed by atoms with Gasteiger partial charge in [0.15, 0.2) is 0 Å². The largest absolute Gasteiger partial charge is 0.243 e. The van der Waals surface area contributed by atoms with Crippen molar-refractivity contribution in [1.82, 2.24) is 4.57 Å². The number of hydrogen-bond donors (Lipinski definition) is 0. The summed E-state index contributed by atoms with van der Waals surface area (Å²) in [6, 6.07) is 0. The van der Waals surface area contributed by atoms with Crippen LogP contribution in [0, 0.1) is 0 Å². The van der Waals surface area contributed by atoms with E-state index in [4.69, 9.17) is 0 Å². The molecule has 0 aliphatic rings. The summed E-state index contributed by atoms with van der Waals surface area (Å²) in [5.74, 6) is 0. The van der Waals surface area contributed by atoms with Crippen LogP contribution >= 0.6 is 0 Å². The number of aromatic nitrogens is 2. The standard InChI is InChI=1S/C5H9N2.H2I/c1-6-3-4-7(2)5-6;/h3-5H,1-2H3;1H2/q2*+1. The minimum atomic E-state index is 0. The zero-order valence-electron chi connectivity index (χ0n) is 5.07. The molecule has 8 heavy (non-hydrogen) atoms. The van der Waals surface area contributed by atoms with Crippen molar-refractivity contribution in [2.45, 2.75) is 0 Å². The van der Waals surface area contributed by atoms with Gasteiger partial charge in [-0.1, -0.05) is 0 Å². The van der Waals surface area contributed by atoms with E-state index < -0.39 is 0 Å². The van der Waals surface area contributed by atoms with E-state index >= 15 is 0 Å². The highest BCUT2D eigenvalue weighted by Crippen LogP contribution is 1.70. The molecule has 3 heteroatoms. The van der Waals surface area contributed by atoms with Gasteiger partial charge < -0.3 is 0 Å². The molecule has 0 aliphatic heterocycles. The molecular formula is C5H11IN2+2. The molecule has 2 nitrogen and oxygen atoms in total. The SMILES string of the molecule is Cn1cc[n+](C)c1.[IH2+]. The molecule has 0 aliphatic carbocycles. The molecule has 0 saturated carbocycles. The van der Waals surface area contributed by atoms with Crippen LogP contribution < -0.4 is 28.5 Å². The summed E-state index contributed by atoms with van der Waals surface area (Å²) >= 11 is 0. The lowest BCUT2D eigenvalue weighted by molar-refractivity contribution is -0.670. The molecule has 0 amide bonds. The van der Waals surface area contributed by atoms with Crippen LogP contribution in [0.5, 0.6) is 0 Å². The van der Waals surface area contributed by atoms with Gasteiger partial charge in [-0.3, -0.25) is 0 Å². The average Bonchev–Trinajstić information content (AvgIpc) is 1.87. The molecule has 1 aromatic rings. The third-order valence-electron chi connectivity index (χ3n) is 0.901. The molecule has 1 heterocycles. The summed E-state index contributed by atoms with van der Waals surface area (Å²) in [6.07, 6.45) is 6.00. The second-order valence-electron chi connectivity index (χ2n) is 1.74. The van der Waals surface area contributed by atoms with E-state index in [0.29, 0.717) is 0 Å². The van der Waals surface area contributed by atoms with Gasteiger partial charge in [-0.05, 0) is 0 Å². The van der Waals surface area contributed by atoms with Crippen molar-refractivity contribution >= 4 is 0 Å². The van der Waals surface area contributed by atoms with Crippen LogP contribution in [-0.2, 0) is 14.1 Å². The fourth-order valence-electron chi connectivity index (χ4n) is 0.575. The maximum atomic E-state index is 2.00. The molecule has 1 aromatic heterocycles. The number of aryl methyl sites for hydroxylation is 2. The highest BCUT2D eigenvalue weighted by atomic mass is 127. The summed E-state index contributed by atoms with van der Waals surface area (Å²) in [4.78, 5) is 0. The Balaban J connectivity index is 0.000000490. The summed E-state index contributed by atoms with van der Waals surface area (Å²) in [5.41, 5.74) is 0. The van der Waals surface area contributed by atoms with Crippen LogP contribution in [0.4, 0.5) is 0 Å². The molecule has 0 fully saturated rings. The number of nitrogens with zero attached hydrogens (tertiary/aromatic N) is 2. The van der Waals surface area contributed by atoms with E-state index in [9.17, 15) is 0 Å². The van der Waals surface area contributed by atoms with Gasteiger partial charge in [0.05, 0.1) is 14.1 Å². The summed E-state index contributed by atoms with van der Waals surface area (Å²) in [6.45, 7) is 0. The fourth-order valence-corrected chi connectivity index (χ4v) is 0.575. The molecule has 0 bridgehead atoms. The van der Waals surface area contributed by atoms with Crippen molar-refractivity contribution in [3.05, 3.63) is 18.7 Å². The Kier molecular flexibility index (Phi) is 3.04. The Morgan fingerprint density at radius 1 is 1.50 bits per heavy atom. The third-order valence-corrected chi connectivity index (χ3v) is 0.901. The van der Waals surface area contributed by atoms with Gasteiger partial charge in [-0.25, -0.2) is 9.13 Å². The quantitative estimate of drug-likeness (QED) is 0.318. The van der Waals surface area contributed by atoms with Crippen molar-refractivity contribution in [3.63, 3.8) is 0 Å². The summed E-state index contributed by atoms with van der Waals surface area (Å²) in [5, 5.41) is 0. The van der Waals surface area contributed by atoms with Gasteiger partial charge >= 0.3 is 0 Å². The smallest absolute Gasteiger partial charge is 0.240 e. The Bertz CT molecular complexity index is 143. The third kappa shape index (κ3) is 1.81.